The number of ether oxygens (including phenoxy) is 1. The molecule has 1 aromatic carbocycles. The molecule has 0 radical (unpaired) electrons. The molecule has 0 bridgehead atoms. The van der Waals surface area contributed by atoms with Crippen LogP contribution in [0.15, 0.2) is 24.3 Å². The minimum Gasteiger partial charge on any atom is -0.492 e. The third kappa shape index (κ3) is 5.69. The molecule has 2 aromatic rings. The first-order valence-electron chi connectivity index (χ1n) is 12.1. The Balaban J connectivity index is 1.36. The highest BCUT2D eigenvalue weighted by Gasteiger charge is 2.34. The highest BCUT2D eigenvalue weighted by molar-refractivity contribution is 5.98. The molecule has 0 spiro atoms. The Morgan fingerprint density at radius 2 is 1.97 bits per heavy atom. The van der Waals surface area contributed by atoms with Gasteiger partial charge >= 0.3 is 0 Å². The van der Waals surface area contributed by atoms with Crippen LogP contribution in [0.25, 0.3) is 10.9 Å². The number of amides is 2. The van der Waals surface area contributed by atoms with Crippen LogP contribution in [0, 0.1) is 17.4 Å². The van der Waals surface area contributed by atoms with Gasteiger partial charge in [-0.1, -0.05) is 12.8 Å². The standard InChI is InChI=1S/C25H34N6O3/c1-29-9-11-31(12-10-29)13-14-34-19-8-7-18-15-23(27-22(18)16-19)24(32)28-21-6-4-3-5-20(21)25(33)30(2)17-26/h7-8,15-16,20-21,27H,3-6,9-14H2,1-2H3,(H,28,32). The van der Waals surface area contributed by atoms with E-state index in [1.54, 1.807) is 0 Å². The molecule has 9 nitrogen and oxygen atoms in total. The molecule has 1 aliphatic heterocycles. The van der Waals surface area contributed by atoms with E-state index >= 15 is 0 Å². The van der Waals surface area contributed by atoms with Crippen LogP contribution in [-0.4, -0.2) is 91.0 Å². The summed E-state index contributed by atoms with van der Waals surface area (Å²) in [6.45, 7) is 5.82. The average Bonchev–Trinajstić information content (AvgIpc) is 3.28. The van der Waals surface area contributed by atoms with Crippen molar-refractivity contribution in [1.29, 1.82) is 5.26 Å². The maximum atomic E-state index is 13.0. The zero-order valence-corrected chi connectivity index (χ0v) is 20.0. The molecule has 2 atom stereocenters. The number of benzene rings is 1. The van der Waals surface area contributed by atoms with Crippen molar-refractivity contribution in [3.05, 3.63) is 30.0 Å². The summed E-state index contributed by atoms with van der Waals surface area (Å²) in [7, 11) is 3.62. The van der Waals surface area contributed by atoms with Crippen LogP contribution in [-0.2, 0) is 4.79 Å². The molecule has 2 fully saturated rings. The molecule has 1 aliphatic carbocycles. The first-order valence-corrected chi connectivity index (χ1v) is 12.1. The number of hydrogen-bond donors (Lipinski definition) is 2. The number of nitriles is 1. The summed E-state index contributed by atoms with van der Waals surface area (Å²) in [5.41, 5.74) is 1.29. The van der Waals surface area contributed by atoms with E-state index in [9.17, 15) is 9.59 Å². The highest BCUT2D eigenvalue weighted by atomic mass is 16.5. The van der Waals surface area contributed by atoms with E-state index in [1.807, 2.05) is 30.5 Å². The normalized spacial score (nSPS) is 21.7. The van der Waals surface area contributed by atoms with E-state index in [-0.39, 0.29) is 23.8 Å². The number of piperazine rings is 1. The summed E-state index contributed by atoms with van der Waals surface area (Å²) in [5, 5.41) is 13.0. The van der Waals surface area contributed by atoms with E-state index in [1.165, 1.54) is 7.05 Å². The second-order valence-corrected chi connectivity index (χ2v) is 9.39. The molecule has 2 aliphatic rings. The quantitative estimate of drug-likeness (QED) is 0.478. The summed E-state index contributed by atoms with van der Waals surface area (Å²) in [5.74, 6) is -0.0690. The fourth-order valence-corrected chi connectivity index (χ4v) is 4.83. The lowest BCUT2D eigenvalue weighted by Crippen LogP contribution is -2.48. The zero-order valence-electron chi connectivity index (χ0n) is 20.0. The summed E-state index contributed by atoms with van der Waals surface area (Å²) in [6.07, 6.45) is 5.15. The number of hydrogen-bond acceptors (Lipinski definition) is 6. The molecule has 1 aromatic heterocycles. The lowest BCUT2D eigenvalue weighted by molar-refractivity contribution is -0.133. The Bertz CT molecular complexity index is 1050. The largest absolute Gasteiger partial charge is 0.492 e. The molecule has 2 N–H and O–H groups in total. The van der Waals surface area contributed by atoms with E-state index in [4.69, 9.17) is 10.00 Å². The van der Waals surface area contributed by atoms with Crippen molar-refractivity contribution in [2.24, 2.45) is 5.92 Å². The maximum Gasteiger partial charge on any atom is 0.267 e. The van der Waals surface area contributed by atoms with Gasteiger partial charge in [-0.3, -0.25) is 19.4 Å². The molecule has 2 heterocycles. The highest BCUT2D eigenvalue weighted by Crippen LogP contribution is 2.27. The molecule has 2 amide bonds. The SMILES string of the molecule is CN1CCN(CCOc2ccc3cc(C(=O)NC4CCCCC4C(=O)N(C)C#N)[nH]c3c2)CC1. The Morgan fingerprint density at radius 3 is 2.74 bits per heavy atom. The fourth-order valence-electron chi connectivity index (χ4n) is 4.83. The number of nitrogens with zero attached hydrogens (tertiary/aromatic N) is 4. The Morgan fingerprint density at radius 1 is 1.21 bits per heavy atom. The van der Waals surface area contributed by atoms with Crippen LogP contribution in [0.5, 0.6) is 5.75 Å². The van der Waals surface area contributed by atoms with Crippen molar-refractivity contribution in [3.63, 3.8) is 0 Å². The van der Waals surface area contributed by atoms with Crippen molar-refractivity contribution >= 4 is 22.7 Å². The number of likely N-dealkylation sites (N-methyl/N-ethyl adjacent to an activating group) is 1. The second-order valence-electron chi connectivity index (χ2n) is 9.39. The minimum absolute atomic E-state index is 0.234. The van der Waals surface area contributed by atoms with Gasteiger partial charge in [0.1, 0.15) is 18.1 Å². The van der Waals surface area contributed by atoms with Crippen molar-refractivity contribution in [1.82, 2.24) is 25.0 Å². The molecule has 34 heavy (non-hydrogen) atoms. The van der Waals surface area contributed by atoms with Crippen LogP contribution in [0.2, 0.25) is 0 Å². The summed E-state index contributed by atoms with van der Waals surface area (Å²) < 4.78 is 5.96. The number of aromatic amines is 1. The molecule has 182 valence electrons. The molecular weight excluding hydrogens is 432 g/mol. The fraction of sp³-hybridized carbons (Fsp3) is 0.560. The predicted molar refractivity (Wildman–Crippen MR) is 129 cm³/mol. The van der Waals surface area contributed by atoms with Crippen molar-refractivity contribution in [2.45, 2.75) is 31.7 Å². The van der Waals surface area contributed by atoms with E-state index in [0.717, 1.165) is 73.5 Å². The van der Waals surface area contributed by atoms with Gasteiger partial charge in [0.2, 0.25) is 5.91 Å². The zero-order chi connectivity index (χ0) is 24.1. The lowest BCUT2D eigenvalue weighted by Gasteiger charge is -2.32. The van der Waals surface area contributed by atoms with Crippen molar-refractivity contribution in [3.8, 4) is 11.9 Å². The second kappa shape index (κ2) is 10.9. The summed E-state index contributed by atoms with van der Waals surface area (Å²) in [4.78, 5) is 34.5. The molecule has 2 unspecified atom stereocenters. The van der Waals surface area contributed by atoms with Gasteiger partial charge in [-0.2, -0.15) is 5.26 Å². The molecule has 1 saturated heterocycles. The number of H-pyrrole nitrogens is 1. The van der Waals surface area contributed by atoms with Gasteiger partial charge in [0, 0.05) is 62.8 Å². The van der Waals surface area contributed by atoms with Crippen molar-refractivity contribution in [2.75, 3.05) is 53.4 Å². The van der Waals surface area contributed by atoms with Gasteiger partial charge in [-0.15, -0.1) is 0 Å². The van der Waals surface area contributed by atoms with Gasteiger partial charge < -0.3 is 19.9 Å². The molecule has 9 heteroatoms. The average molecular weight is 467 g/mol. The first-order chi connectivity index (χ1) is 16.4. The number of aromatic nitrogens is 1. The maximum absolute atomic E-state index is 13.0. The van der Waals surface area contributed by atoms with Gasteiger partial charge in [-0.25, -0.2) is 0 Å². The minimum atomic E-state index is -0.368. The van der Waals surface area contributed by atoms with Crippen LogP contribution >= 0.6 is 0 Å². The predicted octanol–water partition coefficient (Wildman–Crippen LogP) is 2.02. The summed E-state index contributed by atoms with van der Waals surface area (Å²) >= 11 is 0. The number of fused-ring (bicyclic) bond motifs is 1. The van der Waals surface area contributed by atoms with E-state index < -0.39 is 0 Å². The number of rotatable bonds is 7. The topological polar surface area (TPSA) is 105 Å². The Labute approximate surface area is 200 Å². The van der Waals surface area contributed by atoms with Crippen LogP contribution < -0.4 is 10.1 Å². The van der Waals surface area contributed by atoms with Crippen molar-refractivity contribution < 1.29 is 14.3 Å². The van der Waals surface area contributed by atoms with E-state index in [0.29, 0.717) is 18.7 Å². The Hall–Kier alpha value is -3.09. The van der Waals surface area contributed by atoms with Crippen LogP contribution in [0.1, 0.15) is 36.2 Å². The lowest BCUT2D eigenvalue weighted by atomic mass is 9.83. The van der Waals surface area contributed by atoms with Gasteiger partial charge in [0.15, 0.2) is 6.19 Å². The smallest absolute Gasteiger partial charge is 0.267 e. The summed E-state index contributed by atoms with van der Waals surface area (Å²) in [6, 6.07) is 7.34. The monoisotopic (exact) mass is 466 g/mol. The number of carbonyl (C=O) groups excluding carboxylic acids is 2. The van der Waals surface area contributed by atoms with Crippen LogP contribution in [0.4, 0.5) is 0 Å². The third-order valence-electron chi connectivity index (χ3n) is 6.99. The first kappa shape index (κ1) is 24.0. The molecule has 1 saturated carbocycles. The number of nitrogens with one attached hydrogen (secondary N) is 2. The van der Waals surface area contributed by atoms with Crippen LogP contribution in [0.3, 0.4) is 0 Å². The van der Waals surface area contributed by atoms with Gasteiger partial charge in [0.25, 0.3) is 5.91 Å². The van der Waals surface area contributed by atoms with E-state index in [2.05, 4.69) is 27.1 Å². The van der Waals surface area contributed by atoms with Gasteiger partial charge in [-0.05, 0) is 38.1 Å². The Kier molecular flexibility index (Phi) is 7.70. The molecule has 4 rings (SSSR count). The molecular formula is C25H34N6O3. The van der Waals surface area contributed by atoms with Gasteiger partial charge in [0.05, 0.1) is 5.92 Å². The third-order valence-corrected chi connectivity index (χ3v) is 6.99. The number of carbonyl (C=O) groups is 2.